The molecule has 0 amide bonds. The Balaban J connectivity index is 2.34. The van der Waals surface area contributed by atoms with Gasteiger partial charge in [-0.3, -0.25) is 0 Å². The van der Waals surface area contributed by atoms with E-state index in [-0.39, 0.29) is 0 Å². The van der Waals surface area contributed by atoms with Gasteiger partial charge in [-0.15, -0.1) is 0 Å². The lowest BCUT2D eigenvalue weighted by atomic mass is 10.4. The van der Waals surface area contributed by atoms with Crippen molar-refractivity contribution in [1.29, 1.82) is 0 Å². The van der Waals surface area contributed by atoms with Gasteiger partial charge in [-0.25, -0.2) is 4.98 Å². The molecule has 0 fully saturated rings. The minimum atomic E-state index is 0.358. The lowest BCUT2D eigenvalue weighted by Crippen LogP contribution is -2.39. The molecule has 0 saturated carbocycles. The Bertz CT molecular complexity index is 306. The summed E-state index contributed by atoms with van der Waals surface area (Å²) in [5.74, 6) is 0.970. The van der Waals surface area contributed by atoms with Gasteiger partial charge in [0.25, 0.3) is 0 Å². The van der Waals surface area contributed by atoms with Crippen LogP contribution in [0.3, 0.4) is 0 Å². The Morgan fingerprint density at radius 1 is 1.64 bits per heavy atom. The summed E-state index contributed by atoms with van der Waals surface area (Å²) in [6.45, 7) is 4.76. The summed E-state index contributed by atoms with van der Waals surface area (Å²) in [6, 6.07) is 0.358. The third-order valence-electron chi connectivity index (χ3n) is 1.75. The number of aryl methyl sites for hydroxylation is 1. The predicted molar refractivity (Wildman–Crippen MR) is 60.9 cm³/mol. The van der Waals surface area contributed by atoms with Crippen molar-refractivity contribution in [2.24, 2.45) is 7.05 Å². The van der Waals surface area contributed by atoms with Crippen molar-refractivity contribution in [3.8, 4) is 0 Å². The summed E-state index contributed by atoms with van der Waals surface area (Å²) in [4.78, 5) is 4.18. The van der Waals surface area contributed by atoms with Crippen LogP contribution in [-0.2, 0) is 13.6 Å². The lowest BCUT2D eigenvalue weighted by molar-refractivity contribution is 0.693. The van der Waals surface area contributed by atoms with Crippen molar-refractivity contribution >= 4 is 17.3 Å². The first-order valence-electron chi connectivity index (χ1n) is 4.60. The normalized spacial score (nSPS) is 10.3. The van der Waals surface area contributed by atoms with Gasteiger partial charge in [-0.1, -0.05) is 0 Å². The van der Waals surface area contributed by atoms with Crippen LogP contribution in [0.25, 0.3) is 0 Å². The molecule has 0 aromatic carbocycles. The number of hydrogen-bond acceptors (Lipinski definition) is 2. The number of rotatable bonds is 3. The molecule has 1 aromatic heterocycles. The number of imidazole rings is 1. The Morgan fingerprint density at radius 2 is 2.36 bits per heavy atom. The topological polar surface area (TPSA) is 41.9 Å². The molecule has 0 radical (unpaired) electrons. The molecule has 5 heteroatoms. The fourth-order valence-corrected chi connectivity index (χ4v) is 1.35. The molecule has 78 valence electrons. The minimum Gasteiger partial charge on any atom is -0.361 e. The molecule has 0 aliphatic rings. The van der Waals surface area contributed by atoms with E-state index in [0.717, 1.165) is 5.82 Å². The summed E-state index contributed by atoms with van der Waals surface area (Å²) >= 11 is 5.09. The minimum absolute atomic E-state index is 0.358. The van der Waals surface area contributed by atoms with E-state index < -0.39 is 0 Å². The van der Waals surface area contributed by atoms with E-state index in [1.165, 1.54) is 0 Å². The molecule has 1 rings (SSSR count). The van der Waals surface area contributed by atoms with Crippen LogP contribution >= 0.6 is 12.2 Å². The molecule has 0 aliphatic carbocycles. The highest BCUT2D eigenvalue weighted by Crippen LogP contribution is 1.92. The van der Waals surface area contributed by atoms with E-state index >= 15 is 0 Å². The van der Waals surface area contributed by atoms with Crippen molar-refractivity contribution < 1.29 is 0 Å². The van der Waals surface area contributed by atoms with Gasteiger partial charge in [-0.2, -0.15) is 0 Å². The smallest absolute Gasteiger partial charge is 0.166 e. The summed E-state index contributed by atoms with van der Waals surface area (Å²) < 4.78 is 1.96. The first-order chi connectivity index (χ1) is 6.59. The zero-order valence-electron chi connectivity index (χ0n) is 8.74. The fraction of sp³-hybridized carbons (Fsp3) is 0.556. The maximum Gasteiger partial charge on any atom is 0.166 e. The maximum absolute atomic E-state index is 5.09. The van der Waals surface area contributed by atoms with Crippen LogP contribution in [0.15, 0.2) is 12.4 Å². The second-order valence-corrected chi connectivity index (χ2v) is 3.84. The van der Waals surface area contributed by atoms with Gasteiger partial charge < -0.3 is 15.2 Å². The molecule has 2 N–H and O–H groups in total. The summed E-state index contributed by atoms with van der Waals surface area (Å²) in [5, 5.41) is 6.87. The number of thiocarbonyl (C=S) groups is 1. The monoisotopic (exact) mass is 212 g/mol. The van der Waals surface area contributed by atoms with E-state index in [0.29, 0.717) is 17.7 Å². The first kappa shape index (κ1) is 11.0. The van der Waals surface area contributed by atoms with Gasteiger partial charge in [0.1, 0.15) is 5.82 Å². The summed E-state index contributed by atoms with van der Waals surface area (Å²) in [7, 11) is 1.96. The summed E-state index contributed by atoms with van der Waals surface area (Å²) in [6.07, 6.45) is 3.69. The Hall–Kier alpha value is -1.10. The Labute approximate surface area is 89.7 Å². The SMILES string of the molecule is CC(C)NC(=S)NCc1nccn1C. The fourth-order valence-electron chi connectivity index (χ4n) is 1.04. The van der Waals surface area contributed by atoms with Crippen LogP contribution in [0.1, 0.15) is 19.7 Å². The molecule has 0 aliphatic heterocycles. The number of nitrogens with zero attached hydrogens (tertiary/aromatic N) is 2. The van der Waals surface area contributed by atoms with Crippen molar-refractivity contribution in [1.82, 2.24) is 20.2 Å². The molecule has 14 heavy (non-hydrogen) atoms. The van der Waals surface area contributed by atoms with E-state index in [9.17, 15) is 0 Å². The molecule has 0 atom stereocenters. The third kappa shape index (κ3) is 3.33. The third-order valence-corrected chi connectivity index (χ3v) is 2.01. The average molecular weight is 212 g/mol. The van der Waals surface area contributed by atoms with E-state index in [4.69, 9.17) is 12.2 Å². The molecular formula is C9H16N4S. The zero-order valence-corrected chi connectivity index (χ0v) is 9.56. The predicted octanol–water partition coefficient (Wildman–Crippen LogP) is 0.793. The second kappa shape index (κ2) is 4.95. The van der Waals surface area contributed by atoms with Gasteiger partial charge in [-0.05, 0) is 26.1 Å². The highest BCUT2D eigenvalue weighted by molar-refractivity contribution is 7.80. The molecule has 0 bridgehead atoms. The van der Waals surface area contributed by atoms with Crippen LogP contribution in [-0.4, -0.2) is 20.7 Å². The Morgan fingerprint density at radius 3 is 2.86 bits per heavy atom. The molecule has 1 aromatic rings. The number of hydrogen-bond donors (Lipinski definition) is 2. The maximum atomic E-state index is 5.09. The van der Waals surface area contributed by atoms with Crippen LogP contribution in [0.5, 0.6) is 0 Å². The van der Waals surface area contributed by atoms with Gasteiger partial charge >= 0.3 is 0 Å². The standard InChI is InChI=1S/C9H16N4S/c1-7(2)12-9(14)11-6-8-10-4-5-13(8)3/h4-5,7H,6H2,1-3H3,(H2,11,12,14). The lowest BCUT2D eigenvalue weighted by Gasteiger charge is -2.12. The Kier molecular flexibility index (Phi) is 3.88. The molecule has 1 heterocycles. The van der Waals surface area contributed by atoms with Gasteiger partial charge in [0.2, 0.25) is 0 Å². The molecule has 0 saturated heterocycles. The van der Waals surface area contributed by atoms with Crippen LogP contribution < -0.4 is 10.6 Å². The number of aromatic nitrogens is 2. The second-order valence-electron chi connectivity index (χ2n) is 3.44. The van der Waals surface area contributed by atoms with Crippen LogP contribution in [0.2, 0.25) is 0 Å². The first-order valence-corrected chi connectivity index (χ1v) is 5.01. The van der Waals surface area contributed by atoms with Gasteiger partial charge in [0.15, 0.2) is 5.11 Å². The van der Waals surface area contributed by atoms with E-state index in [1.807, 2.05) is 17.8 Å². The van der Waals surface area contributed by atoms with Gasteiger partial charge in [0.05, 0.1) is 6.54 Å². The van der Waals surface area contributed by atoms with E-state index in [2.05, 4.69) is 29.5 Å². The summed E-state index contributed by atoms with van der Waals surface area (Å²) in [5.41, 5.74) is 0. The quantitative estimate of drug-likeness (QED) is 0.727. The molecular weight excluding hydrogens is 196 g/mol. The van der Waals surface area contributed by atoms with E-state index in [1.54, 1.807) is 6.20 Å². The van der Waals surface area contributed by atoms with Crippen molar-refractivity contribution in [3.63, 3.8) is 0 Å². The molecule has 0 spiro atoms. The van der Waals surface area contributed by atoms with Gasteiger partial charge in [0, 0.05) is 25.5 Å². The molecule has 0 unspecified atom stereocenters. The molecule has 4 nitrogen and oxygen atoms in total. The zero-order chi connectivity index (χ0) is 10.6. The highest BCUT2D eigenvalue weighted by Gasteiger charge is 2.01. The van der Waals surface area contributed by atoms with Crippen LogP contribution in [0.4, 0.5) is 0 Å². The number of nitrogens with one attached hydrogen (secondary N) is 2. The van der Waals surface area contributed by atoms with Crippen molar-refractivity contribution in [3.05, 3.63) is 18.2 Å². The highest BCUT2D eigenvalue weighted by atomic mass is 32.1. The average Bonchev–Trinajstić information content (AvgIpc) is 2.46. The van der Waals surface area contributed by atoms with Crippen molar-refractivity contribution in [2.45, 2.75) is 26.4 Å². The largest absolute Gasteiger partial charge is 0.361 e. The van der Waals surface area contributed by atoms with Crippen LogP contribution in [0, 0.1) is 0 Å². The van der Waals surface area contributed by atoms with Crippen molar-refractivity contribution in [2.75, 3.05) is 0 Å².